The zero-order chi connectivity index (χ0) is 13.0. The summed E-state index contributed by atoms with van der Waals surface area (Å²) in [5, 5.41) is 0. The average molecular weight is 248 g/mol. The molecule has 2 N–H and O–H groups in total. The number of anilines is 2. The molecule has 100 valence electrons. The van der Waals surface area contributed by atoms with Crippen molar-refractivity contribution < 1.29 is 4.74 Å². The lowest BCUT2D eigenvalue weighted by atomic mass is 10.00. The average Bonchev–Trinajstić information content (AvgIpc) is 2.38. The van der Waals surface area contributed by atoms with E-state index in [0.29, 0.717) is 0 Å². The van der Waals surface area contributed by atoms with E-state index in [0.717, 1.165) is 43.5 Å². The van der Waals surface area contributed by atoms with Gasteiger partial charge in [0.05, 0.1) is 12.3 Å². The maximum Gasteiger partial charge on any atom is 0.144 e. The van der Waals surface area contributed by atoms with Gasteiger partial charge < -0.3 is 15.4 Å². The Morgan fingerprint density at radius 2 is 2.28 bits per heavy atom. The number of nitrogen functional groups attached to an aromatic ring is 1. The van der Waals surface area contributed by atoms with Crippen LogP contribution in [0.3, 0.4) is 0 Å². The van der Waals surface area contributed by atoms with Crippen molar-refractivity contribution >= 4 is 11.4 Å². The van der Waals surface area contributed by atoms with Crippen molar-refractivity contribution in [2.24, 2.45) is 5.92 Å². The van der Waals surface area contributed by atoms with Crippen LogP contribution in [0, 0.1) is 5.92 Å². The molecule has 1 fully saturated rings. The van der Waals surface area contributed by atoms with Gasteiger partial charge in [-0.3, -0.25) is 0 Å². The highest BCUT2D eigenvalue weighted by Gasteiger charge is 2.17. The van der Waals surface area contributed by atoms with Gasteiger partial charge in [0.2, 0.25) is 0 Å². The molecule has 0 spiro atoms. The van der Waals surface area contributed by atoms with E-state index in [1.54, 1.807) is 0 Å². The van der Waals surface area contributed by atoms with E-state index in [2.05, 4.69) is 30.9 Å². The second-order valence-corrected chi connectivity index (χ2v) is 5.26. The third-order valence-corrected chi connectivity index (χ3v) is 3.48. The van der Waals surface area contributed by atoms with E-state index in [-0.39, 0.29) is 0 Å². The van der Waals surface area contributed by atoms with Gasteiger partial charge in [0.25, 0.3) is 0 Å². The molecule has 1 aromatic carbocycles. The highest BCUT2D eigenvalue weighted by molar-refractivity contribution is 5.62. The molecule has 1 saturated heterocycles. The van der Waals surface area contributed by atoms with Gasteiger partial charge in [-0.2, -0.15) is 0 Å². The van der Waals surface area contributed by atoms with Gasteiger partial charge in [-0.05, 0) is 37.3 Å². The maximum atomic E-state index is 5.94. The third kappa shape index (κ3) is 3.09. The highest BCUT2D eigenvalue weighted by Crippen LogP contribution is 2.30. The molecule has 3 nitrogen and oxygen atoms in total. The Labute approximate surface area is 110 Å². The molecule has 0 aliphatic carbocycles. The summed E-state index contributed by atoms with van der Waals surface area (Å²) in [6, 6.07) is 6.15. The molecule has 0 aromatic heterocycles. The number of nitrogens with zero attached hydrogens (tertiary/aromatic N) is 1. The monoisotopic (exact) mass is 248 g/mol. The zero-order valence-electron chi connectivity index (χ0n) is 11.5. The van der Waals surface area contributed by atoms with Crippen LogP contribution in [0.1, 0.15) is 33.1 Å². The van der Waals surface area contributed by atoms with E-state index in [9.17, 15) is 0 Å². The molecule has 1 aliphatic heterocycles. The molecule has 3 heteroatoms. The first-order valence-electron chi connectivity index (χ1n) is 6.98. The lowest BCUT2D eigenvalue weighted by Gasteiger charge is -2.33. The predicted molar refractivity (Wildman–Crippen MR) is 77.3 cm³/mol. The first-order chi connectivity index (χ1) is 8.70. The summed E-state index contributed by atoms with van der Waals surface area (Å²) in [6.45, 7) is 7.42. The number of benzene rings is 1. The fourth-order valence-electron chi connectivity index (χ4n) is 2.48. The number of ether oxygens (including phenoxy) is 1. The summed E-state index contributed by atoms with van der Waals surface area (Å²) in [6.07, 6.45) is 3.62. The molecular weight excluding hydrogens is 224 g/mol. The third-order valence-electron chi connectivity index (χ3n) is 3.48. The Balaban J connectivity index is 2.12. The fraction of sp³-hybridized carbons (Fsp3) is 0.600. The van der Waals surface area contributed by atoms with Crippen molar-refractivity contribution in [1.29, 1.82) is 0 Å². The standard InChI is InChI=1S/C15H24N2O/c1-3-9-18-15-10-13(6-7-14(15)16)17-8-4-5-12(2)11-17/h6-7,10,12H,3-5,8-9,11,16H2,1-2H3. The van der Waals surface area contributed by atoms with E-state index in [1.807, 2.05) is 6.07 Å². The molecule has 1 aliphatic rings. The number of piperidine rings is 1. The van der Waals surface area contributed by atoms with Gasteiger partial charge in [0.1, 0.15) is 5.75 Å². The van der Waals surface area contributed by atoms with Crippen LogP contribution in [0.5, 0.6) is 5.75 Å². The number of rotatable bonds is 4. The molecule has 0 bridgehead atoms. The summed E-state index contributed by atoms with van der Waals surface area (Å²) >= 11 is 0. The molecule has 1 unspecified atom stereocenters. The summed E-state index contributed by atoms with van der Waals surface area (Å²) in [5.41, 5.74) is 7.91. The largest absolute Gasteiger partial charge is 0.491 e. The molecule has 0 amide bonds. The number of hydrogen-bond donors (Lipinski definition) is 1. The summed E-state index contributed by atoms with van der Waals surface area (Å²) in [5.74, 6) is 1.60. The van der Waals surface area contributed by atoms with Crippen molar-refractivity contribution in [2.75, 3.05) is 30.3 Å². The van der Waals surface area contributed by atoms with Crippen LogP contribution in [0.25, 0.3) is 0 Å². The summed E-state index contributed by atoms with van der Waals surface area (Å²) in [4.78, 5) is 2.44. The van der Waals surface area contributed by atoms with Gasteiger partial charge in [-0.1, -0.05) is 13.8 Å². The van der Waals surface area contributed by atoms with E-state index in [1.165, 1.54) is 18.5 Å². The van der Waals surface area contributed by atoms with Gasteiger partial charge in [0.15, 0.2) is 0 Å². The minimum atomic E-state index is 0.726. The van der Waals surface area contributed by atoms with E-state index >= 15 is 0 Å². The topological polar surface area (TPSA) is 38.5 Å². The van der Waals surface area contributed by atoms with Crippen LogP contribution in [0.4, 0.5) is 11.4 Å². The second-order valence-electron chi connectivity index (χ2n) is 5.26. The van der Waals surface area contributed by atoms with Crippen LogP contribution >= 0.6 is 0 Å². The van der Waals surface area contributed by atoms with Crippen LogP contribution in [-0.4, -0.2) is 19.7 Å². The minimum absolute atomic E-state index is 0.726. The van der Waals surface area contributed by atoms with Crippen molar-refractivity contribution in [2.45, 2.75) is 33.1 Å². The Morgan fingerprint density at radius 1 is 1.44 bits per heavy atom. The predicted octanol–water partition coefficient (Wildman–Crippen LogP) is 3.29. The van der Waals surface area contributed by atoms with E-state index < -0.39 is 0 Å². The van der Waals surface area contributed by atoms with Gasteiger partial charge in [-0.25, -0.2) is 0 Å². The second kappa shape index (κ2) is 5.98. The van der Waals surface area contributed by atoms with Crippen molar-refractivity contribution in [3.63, 3.8) is 0 Å². The zero-order valence-corrected chi connectivity index (χ0v) is 11.5. The quantitative estimate of drug-likeness (QED) is 0.831. The van der Waals surface area contributed by atoms with Crippen molar-refractivity contribution in [3.05, 3.63) is 18.2 Å². The Kier molecular flexibility index (Phi) is 4.34. The number of nitrogens with two attached hydrogens (primary N) is 1. The Bertz CT molecular complexity index is 392. The summed E-state index contributed by atoms with van der Waals surface area (Å²) in [7, 11) is 0. The molecule has 18 heavy (non-hydrogen) atoms. The molecule has 0 radical (unpaired) electrons. The molecule has 0 saturated carbocycles. The van der Waals surface area contributed by atoms with Crippen molar-refractivity contribution in [1.82, 2.24) is 0 Å². The Morgan fingerprint density at radius 3 is 3.00 bits per heavy atom. The van der Waals surface area contributed by atoms with Crippen LogP contribution in [0.15, 0.2) is 18.2 Å². The molecule has 2 rings (SSSR count). The molecule has 1 heterocycles. The lowest BCUT2D eigenvalue weighted by Crippen LogP contribution is -2.34. The van der Waals surface area contributed by atoms with E-state index in [4.69, 9.17) is 10.5 Å². The minimum Gasteiger partial charge on any atom is -0.491 e. The first-order valence-corrected chi connectivity index (χ1v) is 6.98. The van der Waals surface area contributed by atoms with Crippen LogP contribution in [-0.2, 0) is 0 Å². The number of hydrogen-bond acceptors (Lipinski definition) is 3. The Hall–Kier alpha value is -1.38. The normalized spacial score (nSPS) is 19.9. The maximum absolute atomic E-state index is 5.94. The lowest BCUT2D eigenvalue weighted by molar-refractivity contribution is 0.319. The summed E-state index contributed by atoms with van der Waals surface area (Å²) < 4.78 is 5.69. The highest BCUT2D eigenvalue weighted by atomic mass is 16.5. The fourth-order valence-corrected chi connectivity index (χ4v) is 2.48. The van der Waals surface area contributed by atoms with Gasteiger partial charge in [-0.15, -0.1) is 0 Å². The first kappa shape index (κ1) is 13.1. The van der Waals surface area contributed by atoms with Gasteiger partial charge in [0, 0.05) is 24.8 Å². The molecule has 1 atom stereocenters. The SMILES string of the molecule is CCCOc1cc(N2CCCC(C)C2)ccc1N. The molecule has 1 aromatic rings. The van der Waals surface area contributed by atoms with Crippen LogP contribution in [0.2, 0.25) is 0 Å². The smallest absolute Gasteiger partial charge is 0.144 e. The van der Waals surface area contributed by atoms with Crippen molar-refractivity contribution in [3.8, 4) is 5.75 Å². The van der Waals surface area contributed by atoms with Crippen LogP contribution < -0.4 is 15.4 Å². The molecular formula is C15H24N2O. The van der Waals surface area contributed by atoms with Gasteiger partial charge >= 0.3 is 0 Å².